The van der Waals surface area contributed by atoms with Crippen LogP contribution in [-0.2, 0) is 20.0 Å². The average molecular weight is 660 g/mol. The number of nitrogens with zero attached hydrogens (tertiary/aromatic N) is 2. The van der Waals surface area contributed by atoms with Crippen LogP contribution in [0.4, 0.5) is 11.4 Å². The second-order valence-electron chi connectivity index (χ2n) is 11.9. The largest absolute Gasteiger partial charge is 0.493 e. The molecule has 3 N–H and O–H groups in total. The van der Waals surface area contributed by atoms with Crippen LogP contribution in [0.1, 0.15) is 43.2 Å². The lowest BCUT2D eigenvalue weighted by molar-refractivity contribution is 0.0997. The summed E-state index contributed by atoms with van der Waals surface area (Å²) in [6.45, 7) is 5.22. The number of amides is 2. The zero-order valence-electron chi connectivity index (χ0n) is 28.0. The van der Waals surface area contributed by atoms with E-state index in [4.69, 9.17) is 13.9 Å². The Morgan fingerprint density at radius 2 is 1.59 bits per heavy atom. The molecular weight excluding hydrogens is 622 g/mol. The first kappa shape index (κ1) is 33.0. The summed E-state index contributed by atoms with van der Waals surface area (Å²) in [6.07, 6.45) is 2.68. The maximum Gasteiger partial charge on any atom is 0.291 e. The van der Waals surface area contributed by atoms with Gasteiger partial charge in [0, 0.05) is 36.8 Å². The van der Waals surface area contributed by atoms with E-state index in [-0.39, 0.29) is 22.4 Å². The summed E-state index contributed by atoms with van der Waals surface area (Å²) < 4.78 is 18.6. The minimum absolute atomic E-state index is 0.124. The molecule has 0 fully saturated rings. The Morgan fingerprint density at radius 1 is 0.857 bits per heavy atom. The van der Waals surface area contributed by atoms with E-state index in [0.717, 1.165) is 53.2 Å². The van der Waals surface area contributed by atoms with Crippen molar-refractivity contribution in [2.75, 3.05) is 31.4 Å². The van der Waals surface area contributed by atoms with Crippen molar-refractivity contribution < 1.29 is 23.5 Å². The first-order chi connectivity index (χ1) is 23.6. The zero-order chi connectivity index (χ0) is 34.7. The van der Waals surface area contributed by atoms with Gasteiger partial charge in [-0.05, 0) is 85.5 Å². The second-order valence-corrected chi connectivity index (χ2v) is 11.9. The molecule has 11 heteroatoms. The smallest absolute Gasteiger partial charge is 0.291 e. The van der Waals surface area contributed by atoms with E-state index >= 15 is 0 Å². The Balaban J connectivity index is 1.14. The molecule has 11 nitrogen and oxygen atoms in total. The summed E-state index contributed by atoms with van der Waals surface area (Å²) in [4.78, 5) is 39.9. The van der Waals surface area contributed by atoms with Crippen molar-refractivity contribution >= 4 is 45.1 Å². The zero-order valence-corrected chi connectivity index (χ0v) is 28.0. The van der Waals surface area contributed by atoms with E-state index < -0.39 is 11.8 Å². The maximum absolute atomic E-state index is 13.6. The summed E-state index contributed by atoms with van der Waals surface area (Å²) >= 11 is 0. The van der Waals surface area contributed by atoms with Crippen LogP contribution in [0.25, 0.3) is 21.9 Å². The monoisotopic (exact) mass is 659 g/mol. The SMILES string of the molecule is COc1cc(NC(=O)c2cc(=O)c3cc(C)cc(C)c3o2)c(C(=O)Nc2ccc(CCNCc3ccc4c(cnn4C)c3)cc2)cc1OC. The minimum atomic E-state index is -0.698. The van der Waals surface area contributed by atoms with Gasteiger partial charge in [0.1, 0.15) is 5.58 Å². The number of aryl methyl sites for hydroxylation is 3. The molecule has 49 heavy (non-hydrogen) atoms. The van der Waals surface area contributed by atoms with Crippen molar-refractivity contribution in [1.82, 2.24) is 15.1 Å². The molecule has 0 bridgehead atoms. The summed E-state index contributed by atoms with van der Waals surface area (Å²) in [5.74, 6) is -0.767. The number of carbonyl (C=O) groups is 2. The summed E-state index contributed by atoms with van der Waals surface area (Å²) in [7, 11) is 4.84. The highest BCUT2D eigenvalue weighted by Gasteiger charge is 2.21. The van der Waals surface area contributed by atoms with E-state index in [2.05, 4.69) is 39.2 Å². The number of ether oxygens (including phenoxy) is 2. The van der Waals surface area contributed by atoms with Gasteiger partial charge in [0.25, 0.3) is 11.8 Å². The molecule has 0 saturated heterocycles. The highest BCUT2D eigenvalue weighted by molar-refractivity contribution is 6.12. The van der Waals surface area contributed by atoms with Crippen LogP contribution in [0.5, 0.6) is 11.5 Å². The molecule has 0 atom stereocenters. The van der Waals surface area contributed by atoms with Crippen LogP contribution < -0.4 is 30.9 Å². The summed E-state index contributed by atoms with van der Waals surface area (Å²) in [5, 5.41) is 14.9. The topological polar surface area (TPSA) is 137 Å². The normalized spacial score (nSPS) is 11.1. The number of aromatic nitrogens is 2. The lowest BCUT2D eigenvalue weighted by atomic mass is 10.1. The maximum atomic E-state index is 13.6. The molecule has 6 rings (SSSR count). The van der Waals surface area contributed by atoms with E-state index in [1.165, 1.54) is 31.9 Å². The number of rotatable bonds is 11. The third kappa shape index (κ3) is 7.16. The number of methoxy groups -OCH3 is 2. The van der Waals surface area contributed by atoms with Gasteiger partial charge >= 0.3 is 0 Å². The molecule has 250 valence electrons. The van der Waals surface area contributed by atoms with Crippen molar-refractivity contribution in [3.05, 3.63) is 123 Å². The third-order valence-electron chi connectivity index (χ3n) is 8.34. The van der Waals surface area contributed by atoms with Gasteiger partial charge in [0.2, 0.25) is 0 Å². The van der Waals surface area contributed by atoms with Gasteiger partial charge in [-0.3, -0.25) is 19.1 Å². The van der Waals surface area contributed by atoms with Crippen molar-refractivity contribution in [3.63, 3.8) is 0 Å². The predicted molar refractivity (Wildman–Crippen MR) is 190 cm³/mol. The Kier molecular flexibility index (Phi) is 9.45. The molecule has 4 aromatic carbocycles. The number of nitrogens with one attached hydrogen (secondary N) is 3. The van der Waals surface area contributed by atoms with Crippen LogP contribution in [0, 0.1) is 13.8 Å². The van der Waals surface area contributed by atoms with Crippen LogP contribution in [0.3, 0.4) is 0 Å². The van der Waals surface area contributed by atoms with Gasteiger partial charge in [0.05, 0.1) is 42.6 Å². The molecule has 2 heterocycles. The molecule has 0 aliphatic carbocycles. The van der Waals surface area contributed by atoms with Crippen molar-refractivity contribution in [2.45, 2.75) is 26.8 Å². The summed E-state index contributed by atoms with van der Waals surface area (Å²) in [6, 6.07) is 21.6. The van der Waals surface area contributed by atoms with Gasteiger partial charge in [-0.1, -0.05) is 24.3 Å². The first-order valence-corrected chi connectivity index (χ1v) is 15.8. The highest BCUT2D eigenvalue weighted by Crippen LogP contribution is 2.34. The molecule has 0 unspecified atom stereocenters. The van der Waals surface area contributed by atoms with E-state index in [1.54, 1.807) is 6.07 Å². The Hall–Kier alpha value is -5.94. The van der Waals surface area contributed by atoms with Gasteiger partial charge in [0.15, 0.2) is 22.7 Å². The van der Waals surface area contributed by atoms with Crippen molar-refractivity contribution in [3.8, 4) is 11.5 Å². The number of hydrogen-bond acceptors (Lipinski definition) is 8. The molecular formula is C38H37N5O6. The van der Waals surface area contributed by atoms with Gasteiger partial charge in [-0.15, -0.1) is 0 Å². The quantitative estimate of drug-likeness (QED) is 0.141. The molecule has 0 saturated carbocycles. The number of hydrogen-bond donors (Lipinski definition) is 3. The van der Waals surface area contributed by atoms with E-state index in [1.807, 2.05) is 62.1 Å². The lowest BCUT2D eigenvalue weighted by Crippen LogP contribution is -2.20. The van der Waals surface area contributed by atoms with Gasteiger partial charge < -0.3 is 29.8 Å². The third-order valence-corrected chi connectivity index (χ3v) is 8.34. The second kappa shape index (κ2) is 14.0. The fourth-order valence-electron chi connectivity index (χ4n) is 5.82. The number of fused-ring (bicyclic) bond motifs is 2. The average Bonchev–Trinajstić information content (AvgIpc) is 3.46. The molecule has 0 aliphatic heterocycles. The van der Waals surface area contributed by atoms with Crippen molar-refractivity contribution in [1.29, 1.82) is 0 Å². The minimum Gasteiger partial charge on any atom is -0.493 e. The van der Waals surface area contributed by atoms with Crippen LogP contribution in [-0.4, -0.2) is 42.4 Å². The standard InChI is InChI=1S/C38H37N5O6/c1-22-14-23(2)36-29(15-22)32(44)19-35(49-36)38(46)42-30-18-34(48-5)33(47-4)17-28(30)37(45)41-27-9-6-24(7-10-27)12-13-39-20-25-8-11-31-26(16-25)21-40-43(31)3/h6-11,14-19,21,39H,12-13,20H2,1-5H3,(H,41,45)(H,42,46). The number of benzene rings is 4. The number of carbonyl (C=O) groups excluding carboxylic acids is 2. The molecule has 6 aromatic rings. The predicted octanol–water partition coefficient (Wildman–Crippen LogP) is 6.15. The van der Waals surface area contributed by atoms with Crippen LogP contribution in [0.2, 0.25) is 0 Å². The van der Waals surface area contributed by atoms with E-state index in [0.29, 0.717) is 28.2 Å². The van der Waals surface area contributed by atoms with Crippen LogP contribution >= 0.6 is 0 Å². The van der Waals surface area contributed by atoms with Gasteiger partial charge in [-0.2, -0.15) is 5.10 Å². The molecule has 2 aromatic heterocycles. The summed E-state index contributed by atoms with van der Waals surface area (Å²) in [5.41, 5.74) is 5.87. The molecule has 2 amide bonds. The number of anilines is 2. The Morgan fingerprint density at radius 3 is 2.35 bits per heavy atom. The fourth-order valence-corrected chi connectivity index (χ4v) is 5.82. The molecule has 0 radical (unpaired) electrons. The first-order valence-electron chi connectivity index (χ1n) is 15.8. The van der Waals surface area contributed by atoms with Crippen molar-refractivity contribution in [2.24, 2.45) is 7.05 Å². The molecule has 0 spiro atoms. The highest BCUT2D eigenvalue weighted by atomic mass is 16.5. The Labute approximate surface area is 282 Å². The van der Waals surface area contributed by atoms with E-state index in [9.17, 15) is 14.4 Å². The lowest BCUT2D eigenvalue weighted by Gasteiger charge is -2.16. The Bertz CT molecular complexity index is 2250. The fraction of sp³-hybridized carbons (Fsp3) is 0.211. The van der Waals surface area contributed by atoms with Crippen LogP contribution in [0.15, 0.2) is 88.2 Å². The molecule has 0 aliphatic rings. The van der Waals surface area contributed by atoms with Gasteiger partial charge in [-0.25, -0.2) is 0 Å².